The van der Waals surface area contributed by atoms with Gasteiger partial charge in [-0.25, -0.2) is 0 Å². The van der Waals surface area contributed by atoms with Gasteiger partial charge in [0, 0.05) is 39.3 Å². The molecule has 0 bridgehead atoms. The highest BCUT2D eigenvalue weighted by molar-refractivity contribution is 5.85. The summed E-state index contributed by atoms with van der Waals surface area (Å²) in [7, 11) is 0. The lowest BCUT2D eigenvalue weighted by Crippen LogP contribution is -2.47. The van der Waals surface area contributed by atoms with Crippen molar-refractivity contribution >= 4 is 24.8 Å². The van der Waals surface area contributed by atoms with Crippen LogP contribution in [-0.2, 0) is 11.2 Å². The lowest BCUT2D eigenvalue weighted by Gasteiger charge is -2.34. The lowest BCUT2D eigenvalue weighted by molar-refractivity contribution is 0.0617. The van der Waals surface area contributed by atoms with Crippen molar-refractivity contribution in [1.29, 1.82) is 0 Å². The zero-order valence-electron chi connectivity index (χ0n) is 18.2. The van der Waals surface area contributed by atoms with Gasteiger partial charge in [-0.15, -0.1) is 24.8 Å². The van der Waals surface area contributed by atoms with E-state index in [1.54, 1.807) is 0 Å². The van der Waals surface area contributed by atoms with Crippen LogP contribution in [0.1, 0.15) is 16.7 Å². The Balaban J connectivity index is 0.00000225. The summed E-state index contributed by atoms with van der Waals surface area (Å²) >= 11 is 0. The Hall–Kier alpha value is -1.30. The average molecular weight is 455 g/mol. The van der Waals surface area contributed by atoms with Crippen molar-refractivity contribution < 1.29 is 9.47 Å². The third-order valence-electron chi connectivity index (χ3n) is 5.62. The highest BCUT2D eigenvalue weighted by atomic mass is 35.5. The van der Waals surface area contributed by atoms with Gasteiger partial charge in [-0.1, -0.05) is 42.5 Å². The number of hydrogen-bond acceptors (Lipinski definition) is 4. The molecule has 2 aromatic rings. The Kier molecular flexibility index (Phi) is 13.1. The summed E-state index contributed by atoms with van der Waals surface area (Å²) in [6.45, 7) is 13.0. The maximum atomic E-state index is 5.84. The predicted molar refractivity (Wildman–Crippen MR) is 130 cm³/mol. The van der Waals surface area contributed by atoms with Crippen molar-refractivity contribution in [3.63, 3.8) is 0 Å². The molecule has 6 heteroatoms. The second kappa shape index (κ2) is 14.7. The van der Waals surface area contributed by atoms with E-state index in [-0.39, 0.29) is 24.8 Å². The molecule has 1 fully saturated rings. The first-order valence-corrected chi connectivity index (χ1v) is 10.5. The van der Waals surface area contributed by atoms with Gasteiger partial charge in [0.15, 0.2) is 0 Å². The summed E-state index contributed by atoms with van der Waals surface area (Å²) in [5.74, 6) is 0.968. The molecule has 30 heavy (non-hydrogen) atoms. The van der Waals surface area contributed by atoms with Crippen LogP contribution < -0.4 is 4.74 Å². The molecule has 0 N–H and O–H groups in total. The fourth-order valence-corrected chi connectivity index (χ4v) is 3.56. The van der Waals surface area contributed by atoms with Crippen molar-refractivity contribution in [3.8, 4) is 5.75 Å². The maximum Gasteiger partial charge on any atom is 0.122 e. The van der Waals surface area contributed by atoms with Crippen LogP contribution in [0.2, 0.25) is 0 Å². The summed E-state index contributed by atoms with van der Waals surface area (Å²) in [6.07, 6.45) is 1.14. The molecule has 0 saturated carbocycles. The molecule has 0 amide bonds. The number of hydrogen-bond donors (Lipinski definition) is 0. The van der Waals surface area contributed by atoms with E-state index in [1.807, 2.05) is 12.1 Å². The van der Waals surface area contributed by atoms with Gasteiger partial charge in [0.2, 0.25) is 0 Å². The van der Waals surface area contributed by atoms with E-state index in [0.29, 0.717) is 13.2 Å². The van der Waals surface area contributed by atoms with E-state index in [4.69, 9.17) is 9.47 Å². The first-order chi connectivity index (χ1) is 13.7. The number of nitrogens with zero attached hydrogens (tertiary/aromatic N) is 2. The fourth-order valence-electron chi connectivity index (χ4n) is 3.56. The van der Waals surface area contributed by atoms with Crippen LogP contribution in [0.4, 0.5) is 0 Å². The van der Waals surface area contributed by atoms with Gasteiger partial charge in [0.05, 0.1) is 13.2 Å². The smallest absolute Gasteiger partial charge is 0.122 e. The van der Waals surface area contributed by atoms with Crippen molar-refractivity contribution in [3.05, 3.63) is 65.2 Å². The second-order valence-corrected chi connectivity index (χ2v) is 7.58. The fraction of sp³-hybridized carbons (Fsp3) is 0.500. The van der Waals surface area contributed by atoms with Gasteiger partial charge in [-0.2, -0.15) is 0 Å². The van der Waals surface area contributed by atoms with Gasteiger partial charge in [-0.05, 0) is 43.0 Å². The van der Waals surface area contributed by atoms with Gasteiger partial charge in [-0.3, -0.25) is 4.90 Å². The molecular weight excluding hydrogens is 419 g/mol. The molecule has 0 aromatic heterocycles. The first-order valence-electron chi connectivity index (χ1n) is 10.5. The van der Waals surface area contributed by atoms with E-state index in [9.17, 15) is 0 Å². The molecule has 3 rings (SSSR count). The minimum absolute atomic E-state index is 0. The van der Waals surface area contributed by atoms with E-state index in [0.717, 1.165) is 58.0 Å². The van der Waals surface area contributed by atoms with E-state index in [1.165, 1.54) is 16.7 Å². The molecule has 168 valence electrons. The highest BCUT2D eigenvalue weighted by Gasteiger charge is 2.16. The molecule has 1 aliphatic heterocycles. The lowest BCUT2D eigenvalue weighted by atomic mass is 10.1. The molecule has 0 unspecified atom stereocenters. The summed E-state index contributed by atoms with van der Waals surface area (Å²) in [5, 5.41) is 0. The van der Waals surface area contributed by atoms with Crippen LogP contribution in [0.3, 0.4) is 0 Å². The average Bonchev–Trinajstić information content (AvgIpc) is 2.73. The molecule has 1 saturated heterocycles. The number of piperazine rings is 1. The van der Waals surface area contributed by atoms with Crippen LogP contribution in [0.25, 0.3) is 0 Å². The standard InChI is InChI=1S/C24H34N2O2.2ClH/c1-21-7-6-10-24(22(21)2)28-20-19-27-18-17-26-15-13-25(14-16-26)12-11-23-8-4-3-5-9-23;;/h3-10H,11-20H2,1-2H3;2*1H. The molecule has 0 atom stereocenters. The van der Waals surface area contributed by atoms with Crippen LogP contribution in [-0.4, -0.2) is 68.9 Å². The number of ether oxygens (including phenoxy) is 2. The maximum absolute atomic E-state index is 5.84. The molecule has 1 aliphatic rings. The van der Waals surface area contributed by atoms with Gasteiger partial charge in [0.25, 0.3) is 0 Å². The normalized spacial score (nSPS) is 14.6. The number of benzene rings is 2. The minimum atomic E-state index is 0. The summed E-state index contributed by atoms with van der Waals surface area (Å²) in [5.41, 5.74) is 3.91. The molecule has 1 heterocycles. The van der Waals surface area contributed by atoms with Crippen molar-refractivity contribution in [2.24, 2.45) is 0 Å². The summed E-state index contributed by atoms with van der Waals surface area (Å²) in [4.78, 5) is 5.08. The molecule has 0 spiro atoms. The summed E-state index contributed by atoms with van der Waals surface area (Å²) in [6, 6.07) is 17.0. The Labute approximate surface area is 194 Å². The molecule has 4 nitrogen and oxygen atoms in total. The van der Waals surface area contributed by atoms with Crippen LogP contribution >= 0.6 is 24.8 Å². The van der Waals surface area contributed by atoms with E-state index in [2.05, 4.69) is 60.0 Å². The Morgan fingerprint density at radius 1 is 0.733 bits per heavy atom. The van der Waals surface area contributed by atoms with E-state index >= 15 is 0 Å². The van der Waals surface area contributed by atoms with Crippen LogP contribution in [0.15, 0.2) is 48.5 Å². The third kappa shape index (κ3) is 8.83. The van der Waals surface area contributed by atoms with Crippen LogP contribution in [0, 0.1) is 13.8 Å². The van der Waals surface area contributed by atoms with Gasteiger partial charge >= 0.3 is 0 Å². The third-order valence-corrected chi connectivity index (χ3v) is 5.62. The van der Waals surface area contributed by atoms with Crippen molar-refractivity contribution in [1.82, 2.24) is 9.80 Å². The van der Waals surface area contributed by atoms with Crippen molar-refractivity contribution in [2.75, 3.05) is 59.1 Å². The van der Waals surface area contributed by atoms with Crippen molar-refractivity contribution in [2.45, 2.75) is 20.3 Å². The number of rotatable bonds is 10. The number of halogens is 2. The Bertz CT molecular complexity index is 708. The van der Waals surface area contributed by atoms with Crippen LogP contribution in [0.5, 0.6) is 5.75 Å². The van der Waals surface area contributed by atoms with E-state index < -0.39 is 0 Å². The topological polar surface area (TPSA) is 24.9 Å². The quantitative estimate of drug-likeness (QED) is 0.496. The Morgan fingerprint density at radius 3 is 2.10 bits per heavy atom. The zero-order chi connectivity index (χ0) is 19.6. The number of aryl methyl sites for hydroxylation is 1. The summed E-state index contributed by atoms with van der Waals surface area (Å²) < 4.78 is 11.6. The monoisotopic (exact) mass is 454 g/mol. The first kappa shape index (κ1) is 26.7. The zero-order valence-corrected chi connectivity index (χ0v) is 19.9. The second-order valence-electron chi connectivity index (χ2n) is 7.58. The molecular formula is C24H36Cl2N2O2. The minimum Gasteiger partial charge on any atom is -0.491 e. The predicted octanol–water partition coefficient (Wildman–Crippen LogP) is 4.40. The molecule has 2 aromatic carbocycles. The largest absolute Gasteiger partial charge is 0.491 e. The highest BCUT2D eigenvalue weighted by Crippen LogP contribution is 2.20. The molecule has 0 aliphatic carbocycles. The van der Waals surface area contributed by atoms with Gasteiger partial charge < -0.3 is 14.4 Å². The SMILES string of the molecule is Cc1cccc(OCCOCCN2CCN(CCc3ccccc3)CC2)c1C.Cl.Cl. The molecule has 0 radical (unpaired) electrons. The Morgan fingerprint density at radius 2 is 1.40 bits per heavy atom. The van der Waals surface area contributed by atoms with Gasteiger partial charge in [0.1, 0.15) is 12.4 Å².